The lowest BCUT2D eigenvalue weighted by Gasteiger charge is -2.23. The minimum Gasteiger partial charge on any atom is -1.00 e. The molecule has 96 valence electrons. The van der Waals surface area contributed by atoms with Crippen LogP contribution in [-0.4, -0.2) is 50.0 Å². The molecule has 0 bridgehead atoms. The SMILES string of the molecule is CC=C(OO)C(=O)OCCC[N+](C)(C)C.[Cl-]. The highest BCUT2D eigenvalue weighted by atomic mass is 35.5. The summed E-state index contributed by atoms with van der Waals surface area (Å²) < 4.78 is 5.70. The summed E-state index contributed by atoms with van der Waals surface area (Å²) in [5.74, 6) is -0.818. The van der Waals surface area contributed by atoms with Crippen LogP contribution in [0.4, 0.5) is 0 Å². The molecule has 0 unspecified atom stereocenters. The Morgan fingerprint density at radius 1 is 1.38 bits per heavy atom. The standard InChI is InChI=1S/C10H19NO4.ClH/c1-5-9(15-13)10(12)14-8-6-7-11(2,3)4;/h5H,6-8H2,1-4H3;1H. The quantitative estimate of drug-likeness (QED) is 0.113. The first-order valence-corrected chi connectivity index (χ1v) is 4.86. The summed E-state index contributed by atoms with van der Waals surface area (Å²) in [6, 6.07) is 0. The van der Waals surface area contributed by atoms with E-state index in [1.54, 1.807) is 6.92 Å². The fourth-order valence-corrected chi connectivity index (χ4v) is 0.983. The van der Waals surface area contributed by atoms with E-state index in [0.29, 0.717) is 6.61 Å². The van der Waals surface area contributed by atoms with Gasteiger partial charge in [-0.15, -0.1) is 0 Å². The predicted molar refractivity (Wildman–Crippen MR) is 55.9 cm³/mol. The van der Waals surface area contributed by atoms with E-state index in [4.69, 9.17) is 9.99 Å². The second kappa shape index (κ2) is 8.38. The second-order valence-corrected chi connectivity index (χ2v) is 4.25. The minimum atomic E-state index is -0.638. The minimum absolute atomic E-state index is 0. The lowest BCUT2D eigenvalue weighted by Crippen LogP contribution is -3.00. The summed E-state index contributed by atoms with van der Waals surface area (Å²) in [7, 11) is 6.20. The van der Waals surface area contributed by atoms with Gasteiger partial charge in [0.1, 0.15) is 0 Å². The van der Waals surface area contributed by atoms with Crippen LogP contribution >= 0.6 is 0 Å². The molecule has 0 atom stereocenters. The zero-order chi connectivity index (χ0) is 11.9. The number of hydrogen-bond acceptors (Lipinski definition) is 4. The lowest BCUT2D eigenvalue weighted by molar-refractivity contribution is -0.870. The van der Waals surface area contributed by atoms with Crippen molar-refractivity contribution in [3.05, 3.63) is 11.8 Å². The van der Waals surface area contributed by atoms with E-state index in [0.717, 1.165) is 17.4 Å². The predicted octanol–water partition coefficient (Wildman–Crippen LogP) is -1.98. The maximum Gasteiger partial charge on any atom is 0.377 e. The van der Waals surface area contributed by atoms with E-state index in [9.17, 15) is 4.79 Å². The van der Waals surface area contributed by atoms with Crippen molar-refractivity contribution < 1.29 is 36.6 Å². The van der Waals surface area contributed by atoms with Crippen LogP contribution in [0.3, 0.4) is 0 Å². The number of rotatable bonds is 6. The van der Waals surface area contributed by atoms with Gasteiger partial charge in [-0.25, -0.2) is 10.1 Å². The van der Waals surface area contributed by atoms with Gasteiger partial charge in [0, 0.05) is 6.42 Å². The van der Waals surface area contributed by atoms with Gasteiger partial charge in [-0.1, -0.05) is 0 Å². The Kier molecular flexibility index (Phi) is 9.22. The van der Waals surface area contributed by atoms with Crippen molar-refractivity contribution in [2.75, 3.05) is 34.3 Å². The zero-order valence-corrected chi connectivity index (χ0v) is 11.0. The van der Waals surface area contributed by atoms with E-state index in [1.165, 1.54) is 6.08 Å². The lowest BCUT2D eigenvalue weighted by atomic mass is 10.4. The molecule has 0 aromatic carbocycles. The monoisotopic (exact) mass is 253 g/mol. The van der Waals surface area contributed by atoms with Crippen molar-refractivity contribution in [2.45, 2.75) is 13.3 Å². The summed E-state index contributed by atoms with van der Waals surface area (Å²) in [6.07, 6.45) is 2.12. The third-order valence-electron chi connectivity index (χ3n) is 1.77. The van der Waals surface area contributed by atoms with E-state index < -0.39 is 5.97 Å². The summed E-state index contributed by atoms with van der Waals surface area (Å²) in [4.78, 5) is 15.0. The third-order valence-corrected chi connectivity index (χ3v) is 1.77. The highest BCUT2D eigenvalue weighted by Crippen LogP contribution is 2.00. The molecular weight excluding hydrogens is 234 g/mol. The van der Waals surface area contributed by atoms with Crippen molar-refractivity contribution >= 4 is 5.97 Å². The number of nitrogens with zero attached hydrogens (tertiary/aromatic N) is 1. The highest BCUT2D eigenvalue weighted by Gasteiger charge is 2.12. The Balaban J connectivity index is 0. The molecule has 0 aromatic rings. The summed E-state index contributed by atoms with van der Waals surface area (Å²) >= 11 is 0. The van der Waals surface area contributed by atoms with Gasteiger partial charge in [0.25, 0.3) is 0 Å². The normalized spacial score (nSPS) is 11.7. The highest BCUT2D eigenvalue weighted by molar-refractivity contribution is 5.85. The number of hydrogen-bond donors (Lipinski definition) is 1. The zero-order valence-electron chi connectivity index (χ0n) is 10.2. The summed E-state index contributed by atoms with van der Waals surface area (Å²) in [6.45, 7) is 2.83. The Labute approximate surface area is 103 Å². The van der Waals surface area contributed by atoms with Crippen molar-refractivity contribution in [3.63, 3.8) is 0 Å². The smallest absolute Gasteiger partial charge is 0.377 e. The van der Waals surface area contributed by atoms with Gasteiger partial charge in [-0.05, 0) is 13.0 Å². The maximum absolute atomic E-state index is 11.1. The van der Waals surface area contributed by atoms with Crippen LogP contribution in [0.25, 0.3) is 0 Å². The molecule has 0 aromatic heterocycles. The first-order chi connectivity index (χ1) is 6.90. The van der Waals surface area contributed by atoms with Crippen molar-refractivity contribution in [2.24, 2.45) is 0 Å². The van der Waals surface area contributed by atoms with Gasteiger partial charge < -0.3 is 26.5 Å². The molecule has 0 spiro atoms. The molecule has 6 heteroatoms. The van der Waals surface area contributed by atoms with Gasteiger partial charge in [0.2, 0.25) is 5.76 Å². The fourth-order valence-electron chi connectivity index (χ4n) is 0.983. The summed E-state index contributed by atoms with van der Waals surface area (Å²) in [5.41, 5.74) is 0. The van der Waals surface area contributed by atoms with Crippen molar-refractivity contribution in [1.82, 2.24) is 0 Å². The molecule has 0 rings (SSSR count). The van der Waals surface area contributed by atoms with Crippen LogP contribution in [-0.2, 0) is 14.4 Å². The van der Waals surface area contributed by atoms with Crippen LogP contribution in [0.1, 0.15) is 13.3 Å². The molecule has 0 aliphatic rings. The molecule has 16 heavy (non-hydrogen) atoms. The first-order valence-electron chi connectivity index (χ1n) is 4.86. The first kappa shape index (κ1) is 17.6. The van der Waals surface area contributed by atoms with Gasteiger partial charge in [0.15, 0.2) is 0 Å². The molecule has 0 saturated heterocycles. The van der Waals surface area contributed by atoms with E-state index >= 15 is 0 Å². The molecule has 0 heterocycles. The van der Waals surface area contributed by atoms with Gasteiger partial charge in [0.05, 0.1) is 34.3 Å². The molecule has 5 nitrogen and oxygen atoms in total. The molecule has 0 aliphatic carbocycles. The number of carbonyl (C=O) groups excluding carboxylic acids is 1. The Morgan fingerprint density at radius 3 is 2.31 bits per heavy atom. The van der Waals surface area contributed by atoms with Crippen LogP contribution < -0.4 is 12.4 Å². The topological polar surface area (TPSA) is 55.8 Å². The number of halogens is 1. The molecule has 0 fully saturated rings. The number of esters is 1. The average Bonchev–Trinajstić information content (AvgIpc) is 2.13. The summed E-state index contributed by atoms with van der Waals surface area (Å²) in [5, 5.41) is 8.31. The molecule has 0 amide bonds. The maximum atomic E-state index is 11.1. The molecular formula is C10H20ClNO4. The van der Waals surface area contributed by atoms with Crippen LogP contribution in [0.2, 0.25) is 0 Å². The van der Waals surface area contributed by atoms with Crippen LogP contribution in [0, 0.1) is 0 Å². The molecule has 0 saturated carbocycles. The number of quaternary nitrogens is 1. The number of carbonyl (C=O) groups is 1. The molecule has 1 N–H and O–H groups in total. The average molecular weight is 254 g/mol. The molecule has 0 aliphatic heterocycles. The Bertz CT molecular complexity index is 235. The number of ether oxygens (including phenoxy) is 1. The third kappa shape index (κ3) is 8.52. The van der Waals surface area contributed by atoms with Gasteiger partial charge in [-0.3, -0.25) is 0 Å². The van der Waals surface area contributed by atoms with Gasteiger partial charge in [-0.2, -0.15) is 0 Å². The molecule has 0 radical (unpaired) electrons. The second-order valence-electron chi connectivity index (χ2n) is 4.25. The van der Waals surface area contributed by atoms with Crippen LogP contribution in [0.15, 0.2) is 11.8 Å². The van der Waals surface area contributed by atoms with Crippen molar-refractivity contribution in [1.29, 1.82) is 0 Å². The van der Waals surface area contributed by atoms with Crippen LogP contribution in [0.5, 0.6) is 0 Å². The fraction of sp³-hybridized carbons (Fsp3) is 0.700. The Hall–Kier alpha value is -0.780. The largest absolute Gasteiger partial charge is 1.00 e. The number of allylic oxidation sites excluding steroid dienone is 1. The van der Waals surface area contributed by atoms with E-state index in [1.807, 2.05) is 0 Å². The van der Waals surface area contributed by atoms with Crippen molar-refractivity contribution in [3.8, 4) is 0 Å². The Morgan fingerprint density at radius 2 is 1.94 bits per heavy atom. The van der Waals surface area contributed by atoms with E-state index in [-0.39, 0.29) is 18.2 Å². The van der Waals surface area contributed by atoms with Gasteiger partial charge >= 0.3 is 5.97 Å². The van der Waals surface area contributed by atoms with E-state index in [2.05, 4.69) is 26.0 Å².